The summed E-state index contributed by atoms with van der Waals surface area (Å²) in [6.45, 7) is -0.159. The van der Waals surface area contributed by atoms with Crippen LogP contribution in [0.5, 0.6) is 5.75 Å². The van der Waals surface area contributed by atoms with Gasteiger partial charge in [-0.3, -0.25) is 9.59 Å². The van der Waals surface area contributed by atoms with Crippen molar-refractivity contribution in [3.63, 3.8) is 0 Å². The zero-order valence-electron chi connectivity index (χ0n) is 16.1. The zero-order chi connectivity index (χ0) is 20.6. The average Bonchev–Trinajstić information content (AvgIpc) is 2.58. The van der Waals surface area contributed by atoms with Gasteiger partial charge in [-0.05, 0) is 44.2 Å². The van der Waals surface area contributed by atoms with E-state index in [4.69, 9.17) is 25.8 Å². The Bertz CT molecular complexity index is 794. The molecule has 158 valence electrons. The number of benzene rings is 1. The smallest absolute Gasteiger partial charge is 0.258 e. The zero-order valence-corrected chi connectivity index (χ0v) is 16.9. The van der Waals surface area contributed by atoms with Crippen molar-refractivity contribution in [2.24, 2.45) is 0 Å². The van der Waals surface area contributed by atoms with Gasteiger partial charge < -0.3 is 24.8 Å². The number of nitrogens with one attached hydrogen (secondary N) is 2. The minimum atomic E-state index is -0.596. The van der Waals surface area contributed by atoms with E-state index in [2.05, 4.69) is 10.6 Å². The lowest BCUT2D eigenvalue weighted by Gasteiger charge is -2.70. The highest BCUT2D eigenvalue weighted by Gasteiger charge is 2.69. The maximum Gasteiger partial charge on any atom is 0.258 e. The van der Waals surface area contributed by atoms with Crippen LogP contribution in [0.2, 0.25) is 5.02 Å². The Labute approximate surface area is 173 Å². The number of carbonyl (C=O) groups excluding carboxylic acids is 2. The van der Waals surface area contributed by atoms with Crippen LogP contribution in [-0.4, -0.2) is 55.4 Å². The minimum Gasteiger partial charge on any atom is -0.484 e. The molecule has 0 atom stereocenters. The summed E-state index contributed by atoms with van der Waals surface area (Å²) in [6, 6.07) is 4.02. The number of carbonyl (C=O) groups is 2. The van der Waals surface area contributed by atoms with Gasteiger partial charge >= 0.3 is 0 Å². The molecule has 4 fully saturated rings. The fourth-order valence-corrected chi connectivity index (χ4v) is 4.59. The largest absolute Gasteiger partial charge is 0.484 e. The monoisotopic (exact) mass is 426 g/mol. The molecule has 0 saturated heterocycles. The second-order valence-electron chi connectivity index (χ2n) is 8.31. The lowest BCUT2D eigenvalue weighted by atomic mass is 9.44. The van der Waals surface area contributed by atoms with Crippen molar-refractivity contribution in [3.05, 3.63) is 29.0 Å². The van der Waals surface area contributed by atoms with Gasteiger partial charge in [0.2, 0.25) is 5.91 Å². The number of halogens is 2. The van der Waals surface area contributed by atoms with Crippen LogP contribution < -0.4 is 15.4 Å². The molecule has 2 amide bonds. The highest BCUT2D eigenvalue weighted by molar-refractivity contribution is 6.30. The third-order valence-corrected chi connectivity index (χ3v) is 6.24. The Morgan fingerprint density at radius 3 is 2.31 bits per heavy atom. The molecule has 0 spiro atoms. The van der Waals surface area contributed by atoms with E-state index in [1.807, 2.05) is 0 Å². The molecule has 2 N–H and O–H groups in total. The summed E-state index contributed by atoms with van der Waals surface area (Å²) in [7, 11) is 1.68. The second kappa shape index (κ2) is 7.74. The Balaban J connectivity index is 1.13. The number of ether oxygens (including phenoxy) is 3. The first kappa shape index (κ1) is 20.4. The van der Waals surface area contributed by atoms with Crippen LogP contribution in [0, 0.1) is 5.82 Å². The molecule has 4 aliphatic rings. The highest BCUT2D eigenvalue weighted by atomic mass is 35.5. The molecular weight excluding hydrogens is 403 g/mol. The van der Waals surface area contributed by atoms with Crippen molar-refractivity contribution in [1.82, 2.24) is 10.6 Å². The first-order valence-corrected chi connectivity index (χ1v) is 10.0. The van der Waals surface area contributed by atoms with Crippen LogP contribution >= 0.6 is 11.6 Å². The number of methoxy groups -OCH3 is 1. The van der Waals surface area contributed by atoms with E-state index in [-0.39, 0.29) is 59.1 Å². The van der Waals surface area contributed by atoms with Crippen LogP contribution in [0.4, 0.5) is 4.39 Å². The fourth-order valence-electron chi connectivity index (χ4n) is 4.47. The summed E-state index contributed by atoms with van der Waals surface area (Å²) in [5.41, 5.74) is -0.512. The van der Waals surface area contributed by atoms with Crippen LogP contribution in [0.15, 0.2) is 18.2 Å². The van der Waals surface area contributed by atoms with Gasteiger partial charge in [0.25, 0.3) is 5.91 Å². The van der Waals surface area contributed by atoms with Crippen LogP contribution in [0.1, 0.15) is 32.1 Å². The third kappa shape index (κ3) is 4.34. The summed E-state index contributed by atoms with van der Waals surface area (Å²) in [4.78, 5) is 24.2. The van der Waals surface area contributed by atoms with Crippen molar-refractivity contribution in [1.29, 1.82) is 0 Å². The van der Waals surface area contributed by atoms with E-state index in [1.54, 1.807) is 7.11 Å². The van der Waals surface area contributed by atoms with Gasteiger partial charge in [0.15, 0.2) is 6.61 Å². The summed E-state index contributed by atoms with van der Waals surface area (Å²) >= 11 is 5.62. The number of rotatable bonds is 9. The van der Waals surface area contributed by atoms with E-state index in [0.717, 1.165) is 18.9 Å². The molecule has 0 heterocycles. The second-order valence-corrected chi connectivity index (χ2v) is 8.72. The lowest BCUT2D eigenvalue weighted by Crippen LogP contribution is -2.84. The summed E-state index contributed by atoms with van der Waals surface area (Å²) in [5, 5.41) is 5.98. The van der Waals surface area contributed by atoms with Gasteiger partial charge in [0, 0.05) is 24.3 Å². The van der Waals surface area contributed by atoms with Crippen LogP contribution in [0.3, 0.4) is 0 Å². The SMILES string of the molecule is COC1CC(OCC(=O)NC23CC(NC(=O)COc4ccc(Cl)c(F)c4)(C2)C3)C1. The Morgan fingerprint density at radius 1 is 1.10 bits per heavy atom. The fraction of sp³-hybridized carbons (Fsp3) is 0.600. The summed E-state index contributed by atoms with van der Waals surface area (Å²) in [6.07, 6.45) is 4.08. The quantitative estimate of drug-likeness (QED) is 0.630. The highest BCUT2D eigenvalue weighted by Crippen LogP contribution is 2.60. The van der Waals surface area contributed by atoms with Crippen molar-refractivity contribution in [2.75, 3.05) is 20.3 Å². The van der Waals surface area contributed by atoms with E-state index in [9.17, 15) is 14.0 Å². The molecule has 0 unspecified atom stereocenters. The Morgan fingerprint density at radius 2 is 1.72 bits per heavy atom. The van der Waals surface area contributed by atoms with Crippen molar-refractivity contribution >= 4 is 23.4 Å². The van der Waals surface area contributed by atoms with Crippen LogP contribution in [-0.2, 0) is 19.1 Å². The molecule has 1 aromatic rings. The molecule has 29 heavy (non-hydrogen) atoms. The molecule has 5 rings (SSSR count). The summed E-state index contributed by atoms with van der Waals surface area (Å²) in [5.74, 6) is -0.757. The first-order valence-electron chi connectivity index (χ1n) is 9.65. The Kier molecular flexibility index (Phi) is 5.44. The van der Waals surface area contributed by atoms with E-state index >= 15 is 0 Å². The summed E-state index contributed by atoms with van der Waals surface area (Å²) < 4.78 is 29.4. The topological polar surface area (TPSA) is 85.9 Å². The minimum absolute atomic E-state index is 0.000251. The molecule has 9 heteroatoms. The Hall–Kier alpha value is -1.90. The molecular formula is C20H24ClFN2O5. The molecule has 0 aliphatic heterocycles. The maximum absolute atomic E-state index is 13.4. The standard InChI is InChI=1S/C20H24ClFN2O5/c1-27-13-4-14(5-13)29-8-18(26)24-20-9-19(10-20,11-20)23-17(25)7-28-12-2-3-15(21)16(22)6-12/h2-3,6,13-14H,4-5,7-11H2,1H3,(H,23,25)(H,24,26). The average molecular weight is 427 g/mol. The van der Waals surface area contributed by atoms with E-state index in [1.165, 1.54) is 12.1 Å². The maximum atomic E-state index is 13.4. The van der Waals surface area contributed by atoms with Crippen molar-refractivity contribution < 1.29 is 28.2 Å². The number of hydrogen-bond donors (Lipinski definition) is 2. The van der Waals surface area contributed by atoms with Gasteiger partial charge in [0.1, 0.15) is 18.2 Å². The van der Waals surface area contributed by atoms with Gasteiger partial charge in [-0.1, -0.05) is 11.6 Å². The van der Waals surface area contributed by atoms with Crippen LogP contribution in [0.25, 0.3) is 0 Å². The molecule has 4 aliphatic carbocycles. The predicted molar refractivity (Wildman–Crippen MR) is 102 cm³/mol. The van der Waals surface area contributed by atoms with E-state index in [0.29, 0.717) is 19.3 Å². The van der Waals surface area contributed by atoms with Gasteiger partial charge in [0.05, 0.1) is 17.2 Å². The predicted octanol–water partition coefficient (Wildman–Crippen LogP) is 1.96. The molecule has 4 saturated carbocycles. The first-order chi connectivity index (χ1) is 13.8. The third-order valence-electron chi connectivity index (χ3n) is 5.94. The molecule has 7 nitrogen and oxygen atoms in total. The van der Waals surface area contributed by atoms with E-state index < -0.39 is 5.82 Å². The molecule has 1 aromatic carbocycles. The molecule has 2 bridgehead atoms. The van der Waals surface area contributed by atoms with Gasteiger partial charge in [-0.25, -0.2) is 4.39 Å². The van der Waals surface area contributed by atoms with Gasteiger partial charge in [-0.2, -0.15) is 0 Å². The number of hydrogen-bond acceptors (Lipinski definition) is 5. The van der Waals surface area contributed by atoms with Gasteiger partial charge in [-0.15, -0.1) is 0 Å². The normalized spacial score (nSPS) is 31.7. The van der Waals surface area contributed by atoms with Crippen molar-refractivity contribution in [2.45, 2.75) is 55.4 Å². The molecule has 0 radical (unpaired) electrons. The lowest BCUT2D eigenvalue weighted by molar-refractivity contribution is -0.156. The van der Waals surface area contributed by atoms with Crippen molar-refractivity contribution in [3.8, 4) is 5.75 Å². The molecule has 0 aromatic heterocycles. The number of amides is 2.